The normalized spacial score (nSPS) is 18.1. The quantitative estimate of drug-likeness (QED) is 0.833. The lowest BCUT2D eigenvalue weighted by Crippen LogP contribution is -2.39. The number of hydrogen-bond acceptors (Lipinski definition) is 8. The first-order valence-electron chi connectivity index (χ1n) is 8.09. The average molecular weight is 364 g/mol. The highest BCUT2D eigenvalue weighted by Gasteiger charge is 2.28. The number of rotatable bonds is 5. The molecule has 9 nitrogen and oxygen atoms in total. The highest BCUT2D eigenvalue weighted by molar-refractivity contribution is 7.13. The van der Waals surface area contributed by atoms with Crippen LogP contribution in [0.5, 0.6) is 0 Å². The summed E-state index contributed by atoms with van der Waals surface area (Å²) in [7, 11) is 0. The zero-order valence-corrected chi connectivity index (χ0v) is 14.9. The van der Waals surface area contributed by atoms with Crippen molar-refractivity contribution in [3.05, 3.63) is 16.8 Å². The topological polar surface area (TPSA) is 113 Å². The Kier molecular flexibility index (Phi) is 5.39. The van der Waals surface area contributed by atoms with Crippen LogP contribution < -0.4 is 10.6 Å². The van der Waals surface area contributed by atoms with Gasteiger partial charge in [-0.2, -0.15) is 0 Å². The van der Waals surface area contributed by atoms with Gasteiger partial charge in [-0.15, -0.1) is 11.3 Å². The number of piperidine rings is 1. The number of aryl methyl sites for hydroxylation is 1. The lowest BCUT2D eigenvalue weighted by atomic mass is 10.00. The number of anilines is 2. The Morgan fingerprint density at radius 1 is 1.36 bits per heavy atom. The van der Waals surface area contributed by atoms with E-state index in [4.69, 9.17) is 0 Å². The van der Waals surface area contributed by atoms with Crippen molar-refractivity contribution in [1.82, 2.24) is 20.2 Å². The summed E-state index contributed by atoms with van der Waals surface area (Å²) in [5.41, 5.74) is 1.43. The molecule has 25 heavy (non-hydrogen) atoms. The molecule has 0 radical (unpaired) electrons. The number of likely N-dealkylation sites (tertiary alicyclic amines) is 1. The van der Waals surface area contributed by atoms with Crippen molar-refractivity contribution >= 4 is 34.1 Å². The molecular formula is C15H20N6O3S. The summed E-state index contributed by atoms with van der Waals surface area (Å²) in [5.74, 6) is 0.0422. The van der Waals surface area contributed by atoms with Crippen molar-refractivity contribution in [2.45, 2.75) is 39.2 Å². The second-order valence-corrected chi connectivity index (χ2v) is 6.85. The van der Waals surface area contributed by atoms with E-state index in [1.54, 1.807) is 6.92 Å². The standard InChI is InChI=1S/C15H20N6O3S/c1-9-14(20-24-19-9)18-13(23)7-21-6-4-3-5-12(21)11-8-25-15(17-11)16-10(2)22/h8,12H,3-7H2,1-2H3,(H,16,17,22)(H,18,20,23)/t12-/m0/s1. The van der Waals surface area contributed by atoms with E-state index in [-0.39, 0.29) is 24.4 Å². The van der Waals surface area contributed by atoms with Gasteiger partial charge in [0.25, 0.3) is 0 Å². The fourth-order valence-corrected chi connectivity index (χ4v) is 3.67. The number of carbonyl (C=O) groups excluding carboxylic acids is 2. The van der Waals surface area contributed by atoms with Crippen molar-refractivity contribution in [1.29, 1.82) is 0 Å². The predicted molar refractivity (Wildman–Crippen MR) is 92.2 cm³/mol. The number of nitrogens with one attached hydrogen (secondary N) is 2. The fraction of sp³-hybridized carbons (Fsp3) is 0.533. The summed E-state index contributed by atoms with van der Waals surface area (Å²) in [6.07, 6.45) is 3.06. The summed E-state index contributed by atoms with van der Waals surface area (Å²) in [6.45, 7) is 4.23. The molecule has 2 aromatic heterocycles. The van der Waals surface area contributed by atoms with Crippen LogP contribution in [0.25, 0.3) is 0 Å². The van der Waals surface area contributed by atoms with E-state index in [9.17, 15) is 9.59 Å². The van der Waals surface area contributed by atoms with E-state index in [1.807, 2.05) is 5.38 Å². The third kappa shape index (κ3) is 4.40. The van der Waals surface area contributed by atoms with Crippen molar-refractivity contribution in [2.24, 2.45) is 0 Å². The van der Waals surface area contributed by atoms with Gasteiger partial charge in [-0.05, 0) is 31.5 Å². The van der Waals surface area contributed by atoms with Crippen molar-refractivity contribution < 1.29 is 14.2 Å². The van der Waals surface area contributed by atoms with Crippen molar-refractivity contribution in [3.8, 4) is 0 Å². The van der Waals surface area contributed by atoms with E-state index < -0.39 is 0 Å². The third-order valence-electron chi connectivity index (χ3n) is 4.02. The first-order chi connectivity index (χ1) is 12.0. The number of nitrogens with zero attached hydrogens (tertiary/aromatic N) is 4. The fourth-order valence-electron chi connectivity index (χ4n) is 2.86. The molecule has 0 saturated carbocycles. The maximum Gasteiger partial charge on any atom is 0.239 e. The Bertz CT molecular complexity index is 758. The molecule has 0 aliphatic carbocycles. The minimum Gasteiger partial charge on any atom is -0.305 e. The maximum absolute atomic E-state index is 12.3. The molecule has 134 valence electrons. The Labute approximate surface area is 148 Å². The molecule has 0 aromatic carbocycles. The number of carbonyl (C=O) groups is 2. The molecule has 2 aromatic rings. The van der Waals surface area contributed by atoms with E-state index in [1.165, 1.54) is 18.3 Å². The number of aromatic nitrogens is 3. The molecular weight excluding hydrogens is 344 g/mol. The number of hydrogen-bond donors (Lipinski definition) is 2. The highest BCUT2D eigenvalue weighted by Crippen LogP contribution is 2.32. The zero-order chi connectivity index (χ0) is 17.8. The van der Waals surface area contributed by atoms with E-state index in [0.29, 0.717) is 16.6 Å². The van der Waals surface area contributed by atoms with E-state index in [2.05, 4.69) is 35.5 Å². The SMILES string of the molecule is CC(=O)Nc1nc([C@@H]2CCCCN2CC(=O)Nc2nonc2C)cs1. The summed E-state index contributed by atoms with van der Waals surface area (Å²) in [5, 5.41) is 15.3. The summed E-state index contributed by atoms with van der Waals surface area (Å²) in [4.78, 5) is 30.1. The first kappa shape index (κ1) is 17.5. The van der Waals surface area contributed by atoms with Gasteiger partial charge in [-0.3, -0.25) is 14.5 Å². The van der Waals surface area contributed by atoms with Crippen LogP contribution in [-0.4, -0.2) is 45.1 Å². The molecule has 3 rings (SSSR count). The largest absolute Gasteiger partial charge is 0.305 e. The van der Waals surface area contributed by atoms with Gasteiger partial charge in [0.15, 0.2) is 10.9 Å². The van der Waals surface area contributed by atoms with Crippen LogP contribution in [0.1, 0.15) is 43.6 Å². The maximum atomic E-state index is 12.3. The monoisotopic (exact) mass is 364 g/mol. The molecule has 10 heteroatoms. The molecule has 3 heterocycles. The van der Waals surface area contributed by atoms with Gasteiger partial charge in [0.2, 0.25) is 11.8 Å². The molecule has 1 aliphatic heterocycles. The molecule has 1 aliphatic rings. The summed E-state index contributed by atoms with van der Waals surface area (Å²) >= 11 is 1.40. The lowest BCUT2D eigenvalue weighted by molar-refractivity contribution is -0.118. The van der Waals surface area contributed by atoms with Gasteiger partial charge in [0.05, 0.1) is 18.3 Å². The second-order valence-electron chi connectivity index (χ2n) is 5.99. The zero-order valence-electron chi connectivity index (χ0n) is 14.1. The van der Waals surface area contributed by atoms with Crippen LogP contribution in [0.2, 0.25) is 0 Å². The highest BCUT2D eigenvalue weighted by atomic mass is 32.1. The minimum absolute atomic E-state index is 0.0646. The van der Waals surface area contributed by atoms with Crippen LogP contribution in [0, 0.1) is 6.92 Å². The molecule has 1 saturated heterocycles. The van der Waals surface area contributed by atoms with Crippen molar-refractivity contribution in [3.63, 3.8) is 0 Å². The Balaban J connectivity index is 1.66. The molecule has 0 spiro atoms. The molecule has 2 N–H and O–H groups in total. The van der Waals surface area contributed by atoms with E-state index >= 15 is 0 Å². The minimum atomic E-state index is -0.164. The Morgan fingerprint density at radius 2 is 2.20 bits per heavy atom. The molecule has 0 bridgehead atoms. The molecule has 1 atom stereocenters. The third-order valence-corrected chi connectivity index (χ3v) is 4.79. The van der Waals surface area contributed by atoms with Gasteiger partial charge in [0.1, 0.15) is 5.69 Å². The molecule has 0 unspecified atom stereocenters. The molecule has 1 fully saturated rings. The van der Waals surface area contributed by atoms with Gasteiger partial charge in [0, 0.05) is 12.3 Å². The van der Waals surface area contributed by atoms with Gasteiger partial charge in [-0.1, -0.05) is 11.6 Å². The van der Waals surface area contributed by atoms with Gasteiger partial charge >= 0.3 is 0 Å². The molecule has 2 amide bonds. The van der Waals surface area contributed by atoms with Crippen LogP contribution in [-0.2, 0) is 9.59 Å². The summed E-state index contributed by atoms with van der Waals surface area (Å²) in [6, 6.07) is 0.0646. The van der Waals surface area contributed by atoms with Crippen molar-refractivity contribution in [2.75, 3.05) is 23.7 Å². The average Bonchev–Trinajstić information content (AvgIpc) is 3.17. The Hall–Kier alpha value is -2.33. The second kappa shape index (κ2) is 7.70. The van der Waals surface area contributed by atoms with Crippen LogP contribution in [0.3, 0.4) is 0 Å². The number of thiazole rings is 1. The predicted octanol–water partition coefficient (Wildman–Crippen LogP) is 1.96. The lowest BCUT2D eigenvalue weighted by Gasteiger charge is -2.34. The van der Waals surface area contributed by atoms with E-state index in [0.717, 1.165) is 31.5 Å². The number of amides is 2. The smallest absolute Gasteiger partial charge is 0.239 e. The summed E-state index contributed by atoms with van der Waals surface area (Å²) < 4.78 is 4.59. The van der Waals surface area contributed by atoms with Crippen LogP contribution in [0.15, 0.2) is 10.0 Å². The van der Waals surface area contributed by atoms with Gasteiger partial charge in [-0.25, -0.2) is 9.61 Å². The van der Waals surface area contributed by atoms with Crippen LogP contribution >= 0.6 is 11.3 Å². The Morgan fingerprint density at radius 3 is 2.92 bits per heavy atom. The first-order valence-corrected chi connectivity index (χ1v) is 8.97. The van der Waals surface area contributed by atoms with Crippen LogP contribution in [0.4, 0.5) is 10.9 Å². The van der Waals surface area contributed by atoms with Gasteiger partial charge < -0.3 is 10.6 Å².